The number of carbonyl (C=O) groups is 1. The molecule has 26 heavy (non-hydrogen) atoms. The van der Waals surface area contributed by atoms with Crippen molar-refractivity contribution in [3.8, 4) is 16.9 Å². The highest BCUT2D eigenvalue weighted by atomic mass is 19.4. The number of ether oxygens (including phenoxy) is 1. The zero-order valence-electron chi connectivity index (χ0n) is 13.8. The lowest BCUT2D eigenvalue weighted by molar-refractivity contribution is -0.137. The van der Waals surface area contributed by atoms with Crippen LogP contribution in [-0.4, -0.2) is 43.1 Å². The van der Waals surface area contributed by atoms with Crippen LogP contribution in [0.25, 0.3) is 11.1 Å². The van der Waals surface area contributed by atoms with Gasteiger partial charge in [0.2, 0.25) is 0 Å². The van der Waals surface area contributed by atoms with E-state index in [-0.39, 0.29) is 11.9 Å². The van der Waals surface area contributed by atoms with Gasteiger partial charge in [0.25, 0.3) is 5.91 Å². The zero-order valence-corrected chi connectivity index (χ0v) is 13.8. The molecule has 1 amide bonds. The molecule has 7 heteroatoms. The standard InChI is InChI=1S/C19H17F3N2O2/c20-19(21,22)14-4-1-12(2-5-14)13-3-6-17-16(9-13)18(25)24-8-7-23-10-15(24)11-26-17/h1-6,9,15,23H,7-8,10-11H2. The smallest absolute Gasteiger partial charge is 0.416 e. The van der Waals surface area contributed by atoms with Gasteiger partial charge in [-0.15, -0.1) is 0 Å². The van der Waals surface area contributed by atoms with E-state index in [0.29, 0.717) is 42.1 Å². The molecule has 2 aromatic rings. The van der Waals surface area contributed by atoms with Crippen molar-refractivity contribution >= 4 is 5.91 Å². The number of hydrogen-bond acceptors (Lipinski definition) is 3. The molecule has 1 fully saturated rings. The van der Waals surface area contributed by atoms with E-state index in [0.717, 1.165) is 18.7 Å². The molecule has 1 N–H and O–H groups in total. The number of piperazine rings is 1. The fourth-order valence-corrected chi connectivity index (χ4v) is 3.37. The maximum Gasteiger partial charge on any atom is 0.416 e. The van der Waals surface area contributed by atoms with Crippen molar-refractivity contribution in [1.82, 2.24) is 10.2 Å². The molecule has 2 aliphatic rings. The van der Waals surface area contributed by atoms with Crippen molar-refractivity contribution in [1.29, 1.82) is 0 Å². The van der Waals surface area contributed by atoms with Gasteiger partial charge in [0.05, 0.1) is 17.2 Å². The third kappa shape index (κ3) is 3.03. The second-order valence-electron chi connectivity index (χ2n) is 6.45. The summed E-state index contributed by atoms with van der Waals surface area (Å²) < 4.78 is 44.0. The van der Waals surface area contributed by atoms with Gasteiger partial charge in [-0.2, -0.15) is 13.2 Å². The Bertz CT molecular complexity index is 834. The average Bonchev–Trinajstić information content (AvgIpc) is 2.78. The lowest BCUT2D eigenvalue weighted by Crippen LogP contribution is -2.54. The Labute approximate surface area is 148 Å². The largest absolute Gasteiger partial charge is 0.491 e. The first-order chi connectivity index (χ1) is 12.4. The fourth-order valence-electron chi connectivity index (χ4n) is 3.37. The molecule has 1 unspecified atom stereocenters. The van der Waals surface area contributed by atoms with Gasteiger partial charge in [-0.3, -0.25) is 4.79 Å². The molecule has 0 spiro atoms. The lowest BCUT2D eigenvalue weighted by atomic mass is 10.0. The number of halogens is 3. The van der Waals surface area contributed by atoms with Crippen LogP contribution in [0.1, 0.15) is 15.9 Å². The highest BCUT2D eigenvalue weighted by Gasteiger charge is 2.33. The highest BCUT2D eigenvalue weighted by Crippen LogP contribution is 2.33. The number of rotatable bonds is 1. The molecule has 2 aromatic carbocycles. The maximum atomic E-state index is 12.9. The molecule has 4 nitrogen and oxygen atoms in total. The first-order valence-corrected chi connectivity index (χ1v) is 8.39. The Hall–Kier alpha value is -2.54. The Morgan fingerprint density at radius 1 is 1.08 bits per heavy atom. The summed E-state index contributed by atoms with van der Waals surface area (Å²) in [5.41, 5.74) is 1.06. The molecule has 4 rings (SSSR count). The van der Waals surface area contributed by atoms with Gasteiger partial charge in [0, 0.05) is 19.6 Å². The monoisotopic (exact) mass is 362 g/mol. The summed E-state index contributed by atoms with van der Waals surface area (Å²) in [7, 11) is 0. The average molecular weight is 362 g/mol. The molecular weight excluding hydrogens is 345 g/mol. The molecule has 1 atom stereocenters. The topological polar surface area (TPSA) is 41.6 Å². The summed E-state index contributed by atoms with van der Waals surface area (Å²) >= 11 is 0. The van der Waals surface area contributed by atoms with E-state index >= 15 is 0 Å². The first kappa shape index (κ1) is 16.9. The normalized spacial score (nSPS) is 20.0. The molecule has 0 aliphatic carbocycles. The van der Waals surface area contributed by atoms with Crippen LogP contribution in [0.2, 0.25) is 0 Å². The van der Waals surface area contributed by atoms with Crippen LogP contribution in [0.4, 0.5) is 13.2 Å². The van der Waals surface area contributed by atoms with Gasteiger partial charge in [-0.05, 0) is 35.4 Å². The minimum absolute atomic E-state index is 0.0156. The number of benzene rings is 2. The van der Waals surface area contributed by atoms with Crippen LogP contribution in [-0.2, 0) is 6.18 Å². The molecule has 2 heterocycles. The van der Waals surface area contributed by atoms with Gasteiger partial charge < -0.3 is 15.0 Å². The van der Waals surface area contributed by atoms with E-state index < -0.39 is 11.7 Å². The molecule has 1 saturated heterocycles. The summed E-state index contributed by atoms with van der Waals surface area (Å²) in [5, 5.41) is 3.25. The fraction of sp³-hybridized carbons (Fsp3) is 0.316. The van der Waals surface area contributed by atoms with E-state index in [1.165, 1.54) is 12.1 Å². The molecule has 2 aliphatic heterocycles. The van der Waals surface area contributed by atoms with Crippen LogP contribution in [0.5, 0.6) is 5.75 Å². The molecule has 0 aromatic heterocycles. The van der Waals surface area contributed by atoms with Gasteiger partial charge in [-0.25, -0.2) is 0 Å². The highest BCUT2D eigenvalue weighted by molar-refractivity contribution is 5.99. The predicted molar refractivity (Wildman–Crippen MR) is 90.1 cm³/mol. The quantitative estimate of drug-likeness (QED) is 0.847. The number of carbonyl (C=O) groups excluding carboxylic acids is 1. The van der Waals surface area contributed by atoms with E-state index in [2.05, 4.69) is 5.32 Å². The van der Waals surface area contributed by atoms with Gasteiger partial charge in [0.15, 0.2) is 0 Å². The summed E-state index contributed by atoms with van der Waals surface area (Å²) in [5.74, 6) is 0.415. The number of amides is 1. The minimum Gasteiger partial charge on any atom is -0.491 e. The van der Waals surface area contributed by atoms with Gasteiger partial charge in [-0.1, -0.05) is 18.2 Å². The molecule has 0 radical (unpaired) electrons. The van der Waals surface area contributed by atoms with Crippen LogP contribution >= 0.6 is 0 Å². The SMILES string of the molecule is O=C1c2cc(-c3ccc(C(F)(F)F)cc3)ccc2OCC2CNCCN12. The minimum atomic E-state index is -4.37. The molecule has 136 valence electrons. The third-order valence-corrected chi connectivity index (χ3v) is 4.80. The Kier molecular flexibility index (Phi) is 4.11. The van der Waals surface area contributed by atoms with Crippen molar-refractivity contribution in [3.05, 3.63) is 53.6 Å². The van der Waals surface area contributed by atoms with Crippen LogP contribution in [0.3, 0.4) is 0 Å². The summed E-state index contributed by atoms with van der Waals surface area (Å²) in [6.45, 7) is 2.45. The Morgan fingerprint density at radius 3 is 2.54 bits per heavy atom. The summed E-state index contributed by atoms with van der Waals surface area (Å²) in [6.07, 6.45) is -4.37. The Morgan fingerprint density at radius 2 is 1.81 bits per heavy atom. The van der Waals surface area contributed by atoms with E-state index in [4.69, 9.17) is 4.74 Å². The number of alkyl halides is 3. The van der Waals surface area contributed by atoms with Crippen LogP contribution in [0, 0.1) is 0 Å². The summed E-state index contributed by atoms with van der Waals surface area (Å²) in [6, 6.07) is 10.1. The zero-order chi connectivity index (χ0) is 18.3. The van der Waals surface area contributed by atoms with Crippen LogP contribution in [0.15, 0.2) is 42.5 Å². The molecule has 0 saturated carbocycles. The van der Waals surface area contributed by atoms with Crippen molar-refractivity contribution < 1.29 is 22.7 Å². The van der Waals surface area contributed by atoms with Gasteiger partial charge >= 0.3 is 6.18 Å². The number of hydrogen-bond donors (Lipinski definition) is 1. The van der Waals surface area contributed by atoms with Crippen LogP contribution < -0.4 is 10.1 Å². The maximum absolute atomic E-state index is 12.9. The number of nitrogens with one attached hydrogen (secondary N) is 1. The van der Waals surface area contributed by atoms with Crippen molar-refractivity contribution in [2.24, 2.45) is 0 Å². The lowest BCUT2D eigenvalue weighted by Gasteiger charge is -2.33. The van der Waals surface area contributed by atoms with E-state index in [1.54, 1.807) is 23.1 Å². The summed E-state index contributed by atoms with van der Waals surface area (Å²) in [4.78, 5) is 14.7. The van der Waals surface area contributed by atoms with E-state index in [1.807, 2.05) is 0 Å². The second-order valence-corrected chi connectivity index (χ2v) is 6.45. The van der Waals surface area contributed by atoms with Gasteiger partial charge in [0.1, 0.15) is 12.4 Å². The Balaban J connectivity index is 1.68. The second kappa shape index (κ2) is 6.32. The third-order valence-electron chi connectivity index (χ3n) is 4.80. The molecular formula is C19H17F3N2O2. The van der Waals surface area contributed by atoms with Crippen molar-refractivity contribution in [2.45, 2.75) is 12.2 Å². The predicted octanol–water partition coefficient (Wildman–Crippen LogP) is 3.18. The van der Waals surface area contributed by atoms with E-state index in [9.17, 15) is 18.0 Å². The first-order valence-electron chi connectivity index (χ1n) is 8.39. The molecule has 0 bridgehead atoms. The number of fused-ring (bicyclic) bond motifs is 2. The van der Waals surface area contributed by atoms with Crippen molar-refractivity contribution in [2.75, 3.05) is 26.2 Å². The van der Waals surface area contributed by atoms with Crippen molar-refractivity contribution in [3.63, 3.8) is 0 Å². The number of nitrogens with zero attached hydrogens (tertiary/aromatic N) is 1.